The minimum Gasteiger partial charge on any atom is -0.377 e. The highest BCUT2D eigenvalue weighted by molar-refractivity contribution is 5.92. The van der Waals surface area contributed by atoms with Crippen LogP contribution in [0.4, 0.5) is 22.7 Å². The van der Waals surface area contributed by atoms with E-state index in [1.54, 1.807) is 0 Å². The molecular formula is C48H64N8O2+2. The van der Waals surface area contributed by atoms with Crippen LogP contribution in [0.15, 0.2) is 84.9 Å². The molecule has 0 fully saturated rings. The molecule has 0 saturated heterocycles. The molecule has 0 aliphatic heterocycles. The quantitative estimate of drug-likeness (QED) is 0.0515. The van der Waals surface area contributed by atoms with Gasteiger partial charge in [0.1, 0.15) is 13.1 Å². The van der Waals surface area contributed by atoms with Crippen molar-refractivity contribution in [1.82, 2.24) is 10.6 Å². The fourth-order valence-electron chi connectivity index (χ4n) is 7.79. The number of rotatable bonds is 19. The first kappa shape index (κ1) is 42.0. The van der Waals surface area contributed by atoms with Crippen molar-refractivity contribution < 1.29 is 18.7 Å². The highest BCUT2D eigenvalue weighted by Gasteiger charge is 2.19. The summed E-state index contributed by atoms with van der Waals surface area (Å²) in [5.41, 5.74) is 9.60. The van der Waals surface area contributed by atoms with E-state index in [4.69, 9.17) is 0 Å². The average Bonchev–Trinajstić information content (AvgIpc) is 3.20. The van der Waals surface area contributed by atoms with Crippen LogP contribution >= 0.6 is 0 Å². The lowest BCUT2D eigenvalue weighted by Gasteiger charge is -2.15. The van der Waals surface area contributed by atoms with Crippen molar-refractivity contribution >= 4 is 78.2 Å². The van der Waals surface area contributed by atoms with E-state index in [9.17, 15) is 9.59 Å². The van der Waals surface area contributed by atoms with Gasteiger partial charge >= 0.3 is 0 Å². The van der Waals surface area contributed by atoms with Gasteiger partial charge in [-0.3, -0.25) is 9.59 Å². The number of benzene rings is 4. The van der Waals surface area contributed by atoms with Crippen LogP contribution in [-0.4, -0.2) is 81.3 Å². The summed E-state index contributed by atoms with van der Waals surface area (Å²) < 4.78 is 4.89. The Bertz CT molecular complexity index is 2090. The number of aryl methyl sites for hydroxylation is 2. The van der Waals surface area contributed by atoms with E-state index in [1.165, 1.54) is 66.4 Å². The molecule has 0 bridgehead atoms. The zero-order valence-corrected chi connectivity index (χ0v) is 36.1. The van der Waals surface area contributed by atoms with E-state index in [1.807, 2.05) is 0 Å². The van der Waals surface area contributed by atoms with Crippen molar-refractivity contribution in [3.8, 4) is 0 Å². The number of fused-ring (bicyclic) bond motifs is 4. The number of aromatic nitrogens is 2. The van der Waals surface area contributed by atoms with E-state index in [0.29, 0.717) is 25.9 Å². The van der Waals surface area contributed by atoms with E-state index in [-0.39, 0.29) is 11.8 Å². The maximum atomic E-state index is 12.7. The van der Waals surface area contributed by atoms with Gasteiger partial charge in [-0.05, 0) is 86.3 Å². The summed E-state index contributed by atoms with van der Waals surface area (Å²) >= 11 is 0. The third-order valence-corrected chi connectivity index (χ3v) is 11.2. The Balaban J connectivity index is 0.922. The lowest BCUT2D eigenvalue weighted by Crippen LogP contribution is -2.36. The van der Waals surface area contributed by atoms with E-state index < -0.39 is 0 Å². The first-order valence-corrected chi connectivity index (χ1v) is 20.9. The van der Waals surface area contributed by atoms with Crippen molar-refractivity contribution in [1.29, 1.82) is 0 Å². The molecule has 2 heterocycles. The fourth-order valence-corrected chi connectivity index (χ4v) is 7.79. The Morgan fingerprint density at radius 3 is 0.983 bits per heavy atom. The van der Waals surface area contributed by atoms with Gasteiger partial charge in [0.05, 0.1) is 0 Å². The number of carbonyl (C=O) groups is 2. The molecule has 0 aliphatic carbocycles. The van der Waals surface area contributed by atoms with Gasteiger partial charge in [-0.25, -0.2) is 0 Å². The van der Waals surface area contributed by atoms with Gasteiger partial charge in [0.25, 0.3) is 0 Å². The molecular weight excluding hydrogens is 721 g/mol. The number of nitrogens with one attached hydrogen (secondary N) is 2. The highest BCUT2D eigenvalue weighted by atomic mass is 16.2. The SMILES string of the molecule is CN(C)c1ccc2cc3ccc(N(C)C)cc3[n+](CCCCCC(=O)NCCNC(=O)CCCCC[n+]3c4cc(N(C)C)ccc4cc4ccc(N(C)C)cc43)c2c1. The van der Waals surface area contributed by atoms with Crippen LogP contribution in [0.25, 0.3) is 43.6 Å². The second kappa shape index (κ2) is 19.2. The lowest BCUT2D eigenvalue weighted by molar-refractivity contribution is -0.646. The number of hydrogen-bond donors (Lipinski definition) is 2. The smallest absolute Gasteiger partial charge is 0.220 e. The van der Waals surface area contributed by atoms with Crippen molar-refractivity contribution in [2.75, 3.05) is 89.1 Å². The number of amides is 2. The number of unbranched alkanes of at least 4 members (excludes halogenated alkanes) is 4. The molecule has 6 aromatic rings. The van der Waals surface area contributed by atoms with E-state index in [0.717, 1.165) is 51.6 Å². The topological polar surface area (TPSA) is 78.9 Å². The Morgan fingerprint density at radius 1 is 0.414 bits per heavy atom. The third kappa shape index (κ3) is 10.3. The summed E-state index contributed by atoms with van der Waals surface area (Å²) in [4.78, 5) is 33.9. The largest absolute Gasteiger partial charge is 0.377 e. The minimum absolute atomic E-state index is 0.0395. The second-order valence-corrected chi connectivity index (χ2v) is 16.5. The molecule has 2 N–H and O–H groups in total. The van der Waals surface area contributed by atoms with Crippen molar-refractivity contribution in [3.63, 3.8) is 0 Å². The summed E-state index contributed by atoms with van der Waals surface area (Å²) in [6.45, 7) is 2.64. The molecule has 0 saturated carbocycles. The number of anilines is 4. The Labute approximate surface area is 345 Å². The summed E-state index contributed by atoms with van der Waals surface area (Å²) in [5.74, 6) is 0.0789. The molecule has 0 spiro atoms. The van der Waals surface area contributed by atoms with Gasteiger partial charge in [0.2, 0.25) is 33.9 Å². The maximum Gasteiger partial charge on any atom is 0.220 e. The van der Waals surface area contributed by atoms with Gasteiger partial charge in [-0.1, -0.05) is 0 Å². The van der Waals surface area contributed by atoms with Crippen LogP contribution in [0, 0.1) is 0 Å². The number of nitrogens with zero attached hydrogens (tertiary/aromatic N) is 6. The molecule has 10 heteroatoms. The average molecular weight is 785 g/mol. The molecule has 0 aliphatic rings. The lowest BCUT2D eigenvalue weighted by atomic mass is 10.1. The summed E-state index contributed by atoms with van der Waals surface area (Å²) in [7, 11) is 16.6. The summed E-state index contributed by atoms with van der Waals surface area (Å²) in [5, 5.41) is 10.9. The first-order chi connectivity index (χ1) is 27.9. The predicted molar refractivity (Wildman–Crippen MR) is 244 cm³/mol. The first-order valence-electron chi connectivity index (χ1n) is 20.9. The van der Waals surface area contributed by atoms with Crippen LogP contribution in [-0.2, 0) is 22.7 Å². The van der Waals surface area contributed by atoms with Crippen molar-refractivity contribution in [2.45, 2.75) is 64.5 Å². The zero-order valence-electron chi connectivity index (χ0n) is 36.1. The molecule has 58 heavy (non-hydrogen) atoms. The third-order valence-electron chi connectivity index (χ3n) is 11.2. The fraction of sp³-hybridized carbons (Fsp3) is 0.417. The standard InChI is InChI=1S/C48H62N8O2/c1-51(2)39-21-17-35-29-36-18-22-40(52(3)4)32-44(36)55(43(35)31-39)27-13-9-11-15-47(57)49-25-26-50-48(58)16-12-10-14-28-56-45-33-41(53(5)6)23-19-37(45)30-38-20-24-42(54(7)8)34-46(38)56/h17-24,29-34H,9-16,25-28H2,1-8H3/p+2. The normalized spacial score (nSPS) is 11.4. The van der Waals surface area contributed by atoms with Crippen molar-refractivity contribution in [3.05, 3.63) is 84.9 Å². The van der Waals surface area contributed by atoms with Gasteiger partial charge in [-0.2, -0.15) is 9.13 Å². The Morgan fingerprint density at radius 2 is 0.707 bits per heavy atom. The molecule has 0 radical (unpaired) electrons. The Hall–Kier alpha value is -5.64. The molecule has 0 atom stereocenters. The van der Waals surface area contributed by atoms with Gasteiger partial charge in [0, 0.05) is 164 Å². The van der Waals surface area contributed by atoms with Crippen molar-refractivity contribution in [2.24, 2.45) is 0 Å². The summed E-state index contributed by atoms with van der Waals surface area (Å²) in [6, 6.07) is 31.2. The summed E-state index contributed by atoms with van der Waals surface area (Å²) in [6.07, 6.45) is 6.50. The minimum atomic E-state index is 0.0395. The number of carbonyl (C=O) groups excluding carboxylic acids is 2. The van der Waals surface area contributed by atoms with Crippen LogP contribution in [0.1, 0.15) is 51.4 Å². The van der Waals surface area contributed by atoms with E-state index in [2.05, 4.69) is 181 Å². The van der Waals surface area contributed by atoms with Crippen LogP contribution in [0.3, 0.4) is 0 Å². The van der Waals surface area contributed by atoms with Crippen LogP contribution in [0.2, 0.25) is 0 Å². The van der Waals surface area contributed by atoms with Gasteiger partial charge in [-0.15, -0.1) is 0 Å². The molecule has 6 rings (SSSR count). The molecule has 2 amide bonds. The predicted octanol–water partition coefficient (Wildman–Crippen LogP) is 7.19. The molecule has 10 nitrogen and oxygen atoms in total. The zero-order chi connectivity index (χ0) is 41.3. The molecule has 0 unspecified atom stereocenters. The van der Waals surface area contributed by atoms with Gasteiger partial charge in [0.15, 0.2) is 0 Å². The number of hydrogen-bond acceptors (Lipinski definition) is 6. The molecule has 4 aromatic carbocycles. The van der Waals surface area contributed by atoms with Crippen LogP contribution < -0.4 is 39.4 Å². The monoisotopic (exact) mass is 785 g/mol. The van der Waals surface area contributed by atoms with Gasteiger partial charge < -0.3 is 30.2 Å². The van der Waals surface area contributed by atoms with E-state index >= 15 is 0 Å². The van der Waals surface area contributed by atoms with Crippen LogP contribution in [0.5, 0.6) is 0 Å². The second-order valence-electron chi connectivity index (χ2n) is 16.5. The number of pyridine rings is 2. The highest BCUT2D eigenvalue weighted by Crippen LogP contribution is 2.27. The Kier molecular flexibility index (Phi) is 13.9. The molecule has 306 valence electrons. The maximum absolute atomic E-state index is 12.7. The molecule has 2 aromatic heterocycles.